The first-order chi connectivity index (χ1) is 15.8. The van der Waals surface area contributed by atoms with E-state index in [1.807, 2.05) is 32.0 Å². The molecule has 0 aliphatic heterocycles. The number of carbonyl (C=O) groups excluding carboxylic acids is 1. The fourth-order valence-corrected chi connectivity index (χ4v) is 4.29. The molecule has 0 aliphatic rings. The second-order valence-electron chi connectivity index (χ2n) is 8.09. The van der Waals surface area contributed by atoms with Gasteiger partial charge < -0.3 is 9.67 Å². The summed E-state index contributed by atoms with van der Waals surface area (Å²) in [6.07, 6.45) is 1.34. The van der Waals surface area contributed by atoms with E-state index in [0.717, 1.165) is 5.56 Å². The highest BCUT2D eigenvalue weighted by Crippen LogP contribution is 2.21. The molecule has 0 radical (unpaired) electrons. The molecule has 0 fully saturated rings. The molecule has 0 spiro atoms. The molecule has 3 rings (SSSR count). The Bertz CT molecular complexity index is 1230. The van der Waals surface area contributed by atoms with Crippen LogP contribution in [0.15, 0.2) is 53.5 Å². The third kappa shape index (κ3) is 5.64. The molecule has 0 bridgehead atoms. The first-order valence-electron chi connectivity index (χ1n) is 10.7. The summed E-state index contributed by atoms with van der Waals surface area (Å²) in [5.41, 5.74) is 1.61. The molecule has 1 N–H and O–H groups in total. The van der Waals surface area contributed by atoms with Crippen molar-refractivity contribution in [3.8, 4) is 0 Å². The van der Waals surface area contributed by atoms with E-state index in [9.17, 15) is 19.5 Å². The molecule has 8 heteroatoms. The number of pyridine rings is 1. The Morgan fingerprint density at radius 3 is 2.30 bits per heavy atom. The number of aromatic nitrogens is 1. The Morgan fingerprint density at radius 1 is 1.03 bits per heavy atom. The first kappa shape index (κ1) is 25.0. The largest absolute Gasteiger partial charge is 0.477 e. The van der Waals surface area contributed by atoms with Crippen LogP contribution >= 0.6 is 23.2 Å². The number of carboxylic acids is 1. The van der Waals surface area contributed by atoms with Gasteiger partial charge in [0.15, 0.2) is 5.78 Å². The van der Waals surface area contributed by atoms with Gasteiger partial charge in [0.25, 0.3) is 0 Å². The number of alkyl halides is 2. The molecule has 0 unspecified atom stereocenters. The van der Waals surface area contributed by atoms with E-state index in [-0.39, 0.29) is 22.8 Å². The SMILES string of the molecule is CC(C)n1cc(C(=O)O)c(=O)c2ccc(C(=O)c3cccc(CN(CCCl)CCCl)c3)cc21. The molecule has 0 saturated carbocycles. The molecule has 0 amide bonds. The van der Waals surface area contributed by atoms with Crippen molar-refractivity contribution in [3.63, 3.8) is 0 Å². The summed E-state index contributed by atoms with van der Waals surface area (Å²) in [6.45, 7) is 5.80. The van der Waals surface area contributed by atoms with Gasteiger partial charge in [0, 0.05) is 60.1 Å². The van der Waals surface area contributed by atoms with Crippen LogP contribution in [-0.4, -0.2) is 51.2 Å². The molecule has 0 aliphatic carbocycles. The van der Waals surface area contributed by atoms with Crippen molar-refractivity contribution in [2.45, 2.75) is 26.4 Å². The van der Waals surface area contributed by atoms with E-state index in [0.29, 0.717) is 48.0 Å². The van der Waals surface area contributed by atoms with Gasteiger partial charge in [-0.05, 0) is 37.6 Å². The fraction of sp³-hybridized carbons (Fsp3) is 0.320. The summed E-state index contributed by atoms with van der Waals surface area (Å²) in [6, 6.07) is 12.1. The van der Waals surface area contributed by atoms with Gasteiger partial charge >= 0.3 is 5.97 Å². The predicted octanol–water partition coefficient (Wildman–Crippen LogP) is 4.79. The first-order valence-corrected chi connectivity index (χ1v) is 11.7. The van der Waals surface area contributed by atoms with Gasteiger partial charge in [0.1, 0.15) is 5.56 Å². The Hall–Kier alpha value is -2.67. The van der Waals surface area contributed by atoms with Gasteiger partial charge in [-0.3, -0.25) is 14.5 Å². The number of carbonyl (C=O) groups is 2. The van der Waals surface area contributed by atoms with Crippen molar-refractivity contribution < 1.29 is 14.7 Å². The van der Waals surface area contributed by atoms with Crippen LogP contribution in [0.3, 0.4) is 0 Å². The molecule has 1 aromatic heterocycles. The third-order valence-electron chi connectivity index (χ3n) is 5.48. The molecule has 3 aromatic rings. The maximum absolute atomic E-state index is 13.3. The van der Waals surface area contributed by atoms with Crippen molar-refractivity contribution in [2.24, 2.45) is 0 Å². The lowest BCUT2D eigenvalue weighted by Gasteiger charge is -2.20. The molecular weight excluding hydrogens is 463 g/mol. The summed E-state index contributed by atoms with van der Waals surface area (Å²) < 4.78 is 1.71. The normalized spacial score (nSPS) is 11.5. The summed E-state index contributed by atoms with van der Waals surface area (Å²) in [4.78, 5) is 39.6. The maximum atomic E-state index is 13.3. The van der Waals surface area contributed by atoms with Crippen molar-refractivity contribution in [2.75, 3.05) is 24.8 Å². The Labute approximate surface area is 202 Å². The molecule has 6 nitrogen and oxygen atoms in total. The van der Waals surface area contributed by atoms with Gasteiger partial charge in [-0.15, -0.1) is 23.2 Å². The predicted molar refractivity (Wildman–Crippen MR) is 132 cm³/mol. The molecular formula is C25H26Cl2N2O4. The molecule has 1 heterocycles. The lowest BCUT2D eigenvalue weighted by atomic mass is 9.99. The monoisotopic (exact) mass is 488 g/mol. The van der Waals surface area contributed by atoms with E-state index in [2.05, 4.69) is 4.90 Å². The maximum Gasteiger partial charge on any atom is 0.341 e. The van der Waals surface area contributed by atoms with Crippen LogP contribution in [0.25, 0.3) is 10.9 Å². The highest BCUT2D eigenvalue weighted by Gasteiger charge is 2.18. The highest BCUT2D eigenvalue weighted by atomic mass is 35.5. The van der Waals surface area contributed by atoms with Crippen molar-refractivity contribution in [3.05, 3.63) is 81.1 Å². The average Bonchev–Trinajstić information content (AvgIpc) is 2.78. The molecule has 0 saturated heterocycles. The second-order valence-corrected chi connectivity index (χ2v) is 8.85. The quantitative estimate of drug-likeness (QED) is 0.327. The fourth-order valence-electron chi connectivity index (χ4n) is 3.82. The second kappa shape index (κ2) is 11.0. The van der Waals surface area contributed by atoms with Crippen molar-refractivity contribution >= 4 is 45.9 Å². The van der Waals surface area contributed by atoms with Crippen molar-refractivity contribution in [1.82, 2.24) is 9.47 Å². The number of benzene rings is 2. The molecule has 0 atom stereocenters. The summed E-state index contributed by atoms with van der Waals surface area (Å²) >= 11 is 11.8. The van der Waals surface area contributed by atoms with E-state index in [1.54, 1.807) is 22.8 Å². The van der Waals surface area contributed by atoms with Crippen LogP contribution in [-0.2, 0) is 6.54 Å². The summed E-state index contributed by atoms with van der Waals surface area (Å²) in [5, 5.41) is 9.66. The third-order valence-corrected chi connectivity index (χ3v) is 5.82. The van der Waals surface area contributed by atoms with Crippen LogP contribution in [0.4, 0.5) is 0 Å². The number of ketones is 1. The average molecular weight is 489 g/mol. The number of hydrogen-bond donors (Lipinski definition) is 1. The zero-order valence-electron chi connectivity index (χ0n) is 18.6. The number of carboxylic acid groups (broad SMARTS) is 1. The minimum Gasteiger partial charge on any atom is -0.477 e. The Kier molecular flexibility index (Phi) is 8.30. The molecule has 174 valence electrons. The van der Waals surface area contributed by atoms with Crippen LogP contribution in [0, 0.1) is 0 Å². The number of halogens is 2. The number of hydrogen-bond acceptors (Lipinski definition) is 4. The number of aromatic carboxylic acids is 1. The summed E-state index contributed by atoms with van der Waals surface area (Å²) in [7, 11) is 0. The van der Waals surface area contributed by atoms with Crippen LogP contribution in [0.2, 0.25) is 0 Å². The number of fused-ring (bicyclic) bond motifs is 1. The van der Waals surface area contributed by atoms with Crippen LogP contribution in [0.1, 0.15) is 51.7 Å². The number of rotatable bonds is 10. The minimum atomic E-state index is -1.27. The smallest absolute Gasteiger partial charge is 0.341 e. The van der Waals surface area contributed by atoms with E-state index in [1.165, 1.54) is 12.3 Å². The van der Waals surface area contributed by atoms with Gasteiger partial charge in [0.05, 0.1) is 5.52 Å². The van der Waals surface area contributed by atoms with Crippen LogP contribution < -0.4 is 5.43 Å². The highest BCUT2D eigenvalue weighted by molar-refractivity contribution is 6.18. The lowest BCUT2D eigenvalue weighted by Crippen LogP contribution is -2.27. The molecule has 2 aromatic carbocycles. The van der Waals surface area contributed by atoms with E-state index in [4.69, 9.17) is 23.2 Å². The van der Waals surface area contributed by atoms with E-state index < -0.39 is 11.4 Å². The van der Waals surface area contributed by atoms with Gasteiger partial charge in [0.2, 0.25) is 5.43 Å². The van der Waals surface area contributed by atoms with E-state index >= 15 is 0 Å². The molecule has 33 heavy (non-hydrogen) atoms. The minimum absolute atomic E-state index is 0.102. The van der Waals surface area contributed by atoms with Crippen molar-refractivity contribution in [1.29, 1.82) is 0 Å². The number of nitrogens with zero attached hydrogens (tertiary/aromatic N) is 2. The topological polar surface area (TPSA) is 79.6 Å². The Morgan fingerprint density at radius 2 is 1.70 bits per heavy atom. The van der Waals surface area contributed by atoms with Gasteiger partial charge in [-0.1, -0.05) is 24.3 Å². The summed E-state index contributed by atoms with van der Waals surface area (Å²) in [5.74, 6) is -0.461. The lowest BCUT2D eigenvalue weighted by molar-refractivity contribution is 0.0694. The van der Waals surface area contributed by atoms with Gasteiger partial charge in [-0.25, -0.2) is 4.79 Å². The zero-order valence-corrected chi connectivity index (χ0v) is 20.1. The zero-order chi connectivity index (χ0) is 24.1. The Balaban J connectivity index is 2.01. The van der Waals surface area contributed by atoms with Gasteiger partial charge in [-0.2, -0.15) is 0 Å². The van der Waals surface area contributed by atoms with Crippen LogP contribution in [0.5, 0.6) is 0 Å². The standard InChI is InChI=1S/C25H26Cl2N2O4/c1-16(2)29-15-21(25(32)33)24(31)20-7-6-19(13-22(20)29)23(30)18-5-3-4-17(12-18)14-28(10-8-26)11-9-27/h3-7,12-13,15-16H,8-11,14H2,1-2H3,(H,32,33).